The van der Waals surface area contributed by atoms with Crippen LogP contribution in [-0.4, -0.2) is 26.8 Å². The van der Waals surface area contributed by atoms with Gasteiger partial charge < -0.3 is 5.11 Å². The number of hydrogen-bond acceptors (Lipinski definition) is 3. The smallest absolute Gasteiger partial charge is 0.0837 e. The van der Waals surface area contributed by atoms with E-state index in [2.05, 4.69) is 6.92 Å². The van der Waals surface area contributed by atoms with E-state index in [-0.39, 0.29) is 10.2 Å². The highest BCUT2D eigenvalue weighted by molar-refractivity contribution is 8.18. The lowest BCUT2D eigenvalue weighted by Crippen LogP contribution is -2.33. The summed E-state index contributed by atoms with van der Waals surface area (Å²) in [6.45, 7) is 4.01. The normalized spacial score (nSPS) is 27.9. The molecule has 1 nitrogen and oxygen atoms in total. The van der Waals surface area contributed by atoms with Crippen molar-refractivity contribution in [1.29, 1.82) is 0 Å². The zero-order valence-electron chi connectivity index (χ0n) is 6.46. The van der Waals surface area contributed by atoms with Gasteiger partial charge in [-0.05, 0) is 31.8 Å². The van der Waals surface area contributed by atoms with Gasteiger partial charge in [0.1, 0.15) is 0 Å². The third kappa shape index (κ3) is 1.83. The molecule has 1 heterocycles. The van der Waals surface area contributed by atoms with Gasteiger partial charge in [0, 0.05) is 0 Å². The molecule has 0 saturated carbocycles. The van der Waals surface area contributed by atoms with Gasteiger partial charge >= 0.3 is 0 Å². The zero-order chi connectivity index (χ0) is 7.61. The van der Waals surface area contributed by atoms with Crippen LogP contribution in [0.1, 0.15) is 20.3 Å². The van der Waals surface area contributed by atoms with Crippen LogP contribution in [-0.2, 0) is 0 Å². The number of aliphatic hydroxyl groups is 1. The summed E-state index contributed by atoms with van der Waals surface area (Å²) in [4.78, 5) is 0. The van der Waals surface area contributed by atoms with Crippen LogP contribution < -0.4 is 0 Å². The fourth-order valence-corrected chi connectivity index (χ4v) is 3.78. The third-order valence-electron chi connectivity index (χ3n) is 1.82. The van der Waals surface area contributed by atoms with Gasteiger partial charge in [-0.1, -0.05) is 0 Å². The van der Waals surface area contributed by atoms with Crippen LogP contribution in [0.2, 0.25) is 0 Å². The minimum Gasteiger partial charge on any atom is -0.391 e. The van der Waals surface area contributed by atoms with Gasteiger partial charge in [0.05, 0.1) is 10.2 Å². The number of rotatable bonds is 1. The minimum absolute atomic E-state index is 0.0677. The second-order valence-corrected chi connectivity index (χ2v) is 6.09. The summed E-state index contributed by atoms with van der Waals surface area (Å²) in [7, 11) is 0. The lowest BCUT2D eigenvalue weighted by molar-refractivity contribution is 0.186. The first kappa shape index (κ1) is 8.75. The predicted molar refractivity (Wildman–Crippen MR) is 49.6 cm³/mol. The molecule has 1 atom stereocenters. The van der Waals surface area contributed by atoms with Crippen LogP contribution in [0.3, 0.4) is 0 Å². The van der Waals surface area contributed by atoms with Crippen molar-refractivity contribution in [3.63, 3.8) is 0 Å². The molecule has 0 amide bonds. The zero-order valence-corrected chi connectivity index (χ0v) is 8.10. The van der Waals surface area contributed by atoms with E-state index >= 15 is 0 Å². The number of aliphatic hydroxyl groups excluding tert-OH is 1. The molecule has 3 heteroatoms. The average Bonchev–Trinajstić information content (AvgIpc) is 1.89. The summed E-state index contributed by atoms with van der Waals surface area (Å²) in [6.07, 6.45) is 1.10. The summed E-state index contributed by atoms with van der Waals surface area (Å²) in [6, 6.07) is 0. The summed E-state index contributed by atoms with van der Waals surface area (Å²) in [5.41, 5.74) is 0. The van der Waals surface area contributed by atoms with Crippen LogP contribution in [0, 0.1) is 0 Å². The largest absolute Gasteiger partial charge is 0.391 e. The molecule has 1 aliphatic rings. The minimum atomic E-state index is -0.192. The molecule has 1 fully saturated rings. The maximum absolute atomic E-state index is 9.39. The van der Waals surface area contributed by atoms with E-state index in [1.165, 1.54) is 17.9 Å². The molecule has 0 aromatic heterocycles. The Morgan fingerprint density at radius 2 is 1.90 bits per heavy atom. The highest BCUT2D eigenvalue weighted by atomic mass is 32.2. The van der Waals surface area contributed by atoms with Crippen molar-refractivity contribution in [1.82, 2.24) is 0 Å². The van der Waals surface area contributed by atoms with Gasteiger partial charge in [-0.25, -0.2) is 0 Å². The fraction of sp³-hybridized carbons (Fsp3) is 1.00. The average molecular weight is 178 g/mol. The summed E-state index contributed by atoms with van der Waals surface area (Å²) < 4.78 is 0.0677. The van der Waals surface area contributed by atoms with E-state index in [1.807, 2.05) is 30.4 Å². The lowest BCUT2D eigenvalue weighted by Gasteiger charge is -2.34. The molecule has 0 aromatic carbocycles. The molecule has 0 bridgehead atoms. The topological polar surface area (TPSA) is 20.2 Å². The summed E-state index contributed by atoms with van der Waals surface area (Å²) in [5, 5.41) is 9.39. The highest BCUT2D eigenvalue weighted by Crippen LogP contribution is 2.43. The molecule has 1 rings (SSSR count). The van der Waals surface area contributed by atoms with E-state index < -0.39 is 0 Å². The molecule has 0 aliphatic carbocycles. The standard InChI is InChI=1S/C7H14OS2/c1-6(8)7(2)9-4-3-5-10-7/h6,8H,3-5H2,1-2H3/t6-/m0/s1. The maximum Gasteiger partial charge on any atom is 0.0837 e. The molecule has 1 aliphatic heterocycles. The Bertz CT molecular complexity index is 108. The van der Waals surface area contributed by atoms with Crippen molar-refractivity contribution in [2.75, 3.05) is 11.5 Å². The summed E-state index contributed by atoms with van der Waals surface area (Å²) >= 11 is 3.77. The molecule has 0 unspecified atom stereocenters. The Kier molecular flexibility index (Phi) is 2.95. The molecule has 60 valence electrons. The first-order valence-corrected chi connectivity index (χ1v) is 5.58. The monoisotopic (exact) mass is 178 g/mol. The van der Waals surface area contributed by atoms with E-state index in [4.69, 9.17) is 0 Å². The van der Waals surface area contributed by atoms with Crippen LogP contribution in [0.5, 0.6) is 0 Å². The van der Waals surface area contributed by atoms with E-state index in [9.17, 15) is 5.11 Å². The Hall–Kier alpha value is 0.660. The molecular weight excluding hydrogens is 164 g/mol. The Morgan fingerprint density at radius 1 is 1.40 bits per heavy atom. The van der Waals surface area contributed by atoms with Crippen molar-refractivity contribution in [2.45, 2.75) is 30.5 Å². The van der Waals surface area contributed by atoms with Gasteiger partial charge in [-0.2, -0.15) is 0 Å². The molecule has 0 radical (unpaired) electrons. The van der Waals surface area contributed by atoms with Gasteiger partial charge in [0.25, 0.3) is 0 Å². The van der Waals surface area contributed by atoms with Gasteiger partial charge in [-0.15, -0.1) is 23.5 Å². The van der Waals surface area contributed by atoms with E-state index in [0.29, 0.717) is 0 Å². The fourth-order valence-electron chi connectivity index (χ4n) is 0.891. The van der Waals surface area contributed by atoms with Crippen molar-refractivity contribution >= 4 is 23.5 Å². The number of thioether (sulfide) groups is 2. The van der Waals surface area contributed by atoms with E-state index in [1.54, 1.807) is 0 Å². The van der Waals surface area contributed by atoms with E-state index in [0.717, 1.165) is 0 Å². The second kappa shape index (κ2) is 3.37. The van der Waals surface area contributed by atoms with Crippen molar-refractivity contribution < 1.29 is 5.11 Å². The second-order valence-electron chi connectivity index (χ2n) is 2.74. The first-order valence-electron chi connectivity index (χ1n) is 3.61. The van der Waals surface area contributed by atoms with Gasteiger partial charge in [0.2, 0.25) is 0 Å². The van der Waals surface area contributed by atoms with Gasteiger partial charge in [-0.3, -0.25) is 0 Å². The van der Waals surface area contributed by atoms with Crippen LogP contribution in [0.25, 0.3) is 0 Å². The summed E-state index contributed by atoms with van der Waals surface area (Å²) in [5.74, 6) is 2.41. The van der Waals surface area contributed by atoms with Crippen LogP contribution in [0.15, 0.2) is 0 Å². The first-order chi connectivity index (χ1) is 4.65. The van der Waals surface area contributed by atoms with Crippen molar-refractivity contribution in [3.8, 4) is 0 Å². The van der Waals surface area contributed by atoms with Crippen molar-refractivity contribution in [3.05, 3.63) is 0 Å². The Labute approximate surface area is 71.0 Å². The third-order valence-corrected chi connectivity index (χ3v) is 5.35. The quantitative estimate of drug-likeness (QED) is 0.663. The molecule has 1 N–H and O–H groups in total. The van der Waals surface area contributed by atoms with Gasteiger partial charge in [0.15, 0.2) is 0 Å². The number of hydrogen-bond donors (Lipinski definition) is 1. The SMILES string of the molecule is C[C@H](O)C1(C)SCCCS1. The molecule has 0 aromatic rings. The molecule has 1 saturated heterocycles. The molecule has 0 spiro atoms. The molecular formula is C7H14OS2. The van der Waals surface area contributed by atoms with Crippen LogP contribution in [0.4, 0.5) is 0 Å². The van der Waals surface area contributed by atoms with Crippen LogP contribution >= 0.6 is 23.5 Å². The Morgan fingerprint density at radius 3 is 2.20 bits per heavy atom. The van der Waals surface area contributed by atoms with Crippen molar-refractivity contribution in [2.24, 2.45) is 0 Å². The lowest BCUT2D eigenvalue weighted by atomic mass is 10.3. The predicted octanol–water partition coefficient (Wildman–Crippen LogP) is 1.95. The highest BCUT2D eigenvalue weighted by Gasteiger charge is 2.32. The molecule has 10 heavy (non-hydrogen) atoms. The maximum atomic E-state index is 9.39. The Balaban J connectivity index is 2.48.